The van der Waals surface area contributed by atoms with Crippen LogP contribution in [-0.2, 0) is 45.4 Å². The number of ether oxygens (including phenoxy) is 2. The molecular weight excluding hydrogens is 651 g/mol. The van der Waals surface area contributed by atoms with Crippen LogP contribution in [-0.4, -0.2) is 84.7 Å². The van der Waals surface area contributed by atoms with Gasteiger partial charge in [0.15, 0.2) is 0 Å². The van der Waals surface area contributed by atoms with Gasteiger partial charge in [-0.15, -0.1) is 0 Å². The summed E-state index contributed by atoms with van der Waals surface area (Å²) in [5.41, 5.74) is 5.68. The minimum Gasteiger partial charge on any atom is -0.396 e. The molecule has 2 unspecified atom stereocenters. The predicted molar refractivity (Wildman–Crippen MR) is 202 cm³/mol. The third-order valence-corrected chi connectivity index (χ3v) is 13.6. The molecule has 2 amide bonds. The molecule has 2 aromatic heterocycles. The lowest BCUT2D eigenvalue weighted by Crippen LogP contribution is -2.47. The van der Waals surface area contributed by atoms with Gasteiger partial charge in [0.1, 0.15) is 25.2 Å². The van der Waals surface area contributed by atoms with Gasteiger partial charge in [-0.05, 0) is 74.7 Å². The van der Waals surface area contributed by atoms with E-state index in [4.69, 9.17) is 14.6 Å². The average Bonchev–Trinajstić information content (AvgIpc) is 3.57. The van der Waals surface area contributed by atoms with Gasteiger partial charge < -0.3 is 29.4 Å². The van der Waals surface area contributed by atoms with Crippen molar-refractivity contribution in [2.24, 2.45) is 5.41 Å². The number of carbonyl (C=O) groups is 2. The fraction of sp³-hybridized carbons (Fsp3) is 0.649. The highest BCUT2D eigenvalue weighted by molar-refractivity contribution is 6.76. The van der Waals surface area contributed by atoms with Crippen molar-refractivity contribution in [3.8, 4) is 11.4 Å². The Kier molecular flexibility index (Phi) is 11.6. The van der Waals surface area contributed by atoms with Gasteiger partial charge in [0.05, 0.1) is 11.2 Å². The zero-order valence-corrected chi connectivity index (χ0v) is 33.2. The number of likely N-dealkylation sites (tertiary alicyclic amines) is 1. The first-order chi connectivity index (χ1) is 23.1. The highest BCUT2D eigenvalue weighted by Crippen LogP contribution is 2.41. The molecule has 1 aliphatic heterocycles. The van der Waals surface area contributed by atoms with E-state index in [1.54, 1.807) is 11.8 Å². The minimum absolute atomic E-state index is 0.0434. The first kappa shape index (κ1) is 37.5. The molecule has 3 heterocycles. The lowest BCUT2D eigenvalue weighted by Gasteiger charge is -2.32. The zero-order chi connectivity index (χ0) is 35.6. The normalized spacial score (nSPS) is 19.4. The molecule has 1 aliphatic carbocycles. The molecule has 12 heteroatoms. The van der Waals surface area contributed by atoms with Crippen molar-refractivity contribution in [3.63, 3.8) is 0 Å². The summed E-state index contributed by atoms with van der Waals surface area (Å²) in [4.78, 5) is 27.5. The van der Waals surface area contributed by atoms with E-state index in [2.05, 4.69) is 62.2 Å². The summed E-state index contributed by atoms with van der Waals surface area (Å²) in [5, 5.41) is 19.6. The molecular formula is C37H59N5O5Si2. The molecule has 270 valence electrons. The summed E-state index contributed by atoms with van der Waals surface area (Å²) in [6, 6.07) is 9.77. The van der Waals surface area contributed by atoms with Crippen LogP contribution in [0.2, 0.25) is 51.4 Å². The number of rotatable bonds is 15. The number of benzene rings is 1. The van der Waals surface area contributed by atoms with E-state index in [-0.39, 0.29) is 23.8 Å². The Morgan fingerprint density at radius 3 is 2.37 bits per heavy atom. The van der Waals surface area contributed by atoms with Crippen molar-refractivity contribution in [1.82, 2.24) is 19.2 Å². The number of amides is 2. The number of hydrogen-bond donors (Lipinski definition) is 2. The second kappa shape index (κ2) is 15.2. The Balaban J connectivity index is 1.49. The molecule has 1 saturated heterocycles. The number of nitrogens with one attached hydrogen (secondary N) is 1. The number of aliphatic hydroxyl groups excluding tert-OH is 1. The molecule has 1 aromatic carbocycles. The SMILES string of the molecule is CC(C(=O)Nc1ccc2cc(-c3nn(COCC[Si](C)(C)C)c4c3CCC(C)(CO)C4)n(COCC[Si](C)(C)C)c2c1)N1CCCCC1=O. The highest BCUT2D eigenvalue weighted by Gasteiger charge is 2.35. The van der Waals surface area contributed by atoms with Crippen molar-refractivity contribution in [3.05, 3.63) is 35.5 Å². The van der Waals surface area contributed by atoms with Crippen LogP contribution in [0.4, 0.5) is 5.69 Å². The second-order valence-corrected chi connectivity index (χ2v) is 28.3. The molecule has 49 heavy (non-hydrogen) atoms. The standard InChI is InChI=1S/C37H59N5O5Si2/c1-27(40-16-10-9-11-34(40)44)36(45)38-29-13-12-28-21-32(41(31(28)22-29)25-46-17-19-48(3,4)5)35-30-14-15-37(2,24-43)23-33(30)42(39-35)26-47-18-20-49(6,7)8/h12-13,21-22,27,43H,9-11,14-20,23-26H2,1-8H3,(H,38,45). The van der Waals surface area contributed by atoms with E-state index in [9.17, 15) is 14.7 Å². The topological polar surface area (TPSA) is 111 Å². The summed E-state index contributed by atoms with van der Waals surface area (Å²) in [7, 11) is -2.52. The molecule has 0 radical (unpaired) electrons. The molecule has 2 N–H and O–H groups in total. The third-order valence-electron chi connectivity index (χ3n) is 10.2. The number of anilines is 1. The molecule has 0 spiro atoms. The summed E-state index contributed by atoms with van der Waals surface area (Å²) < 4.78 is 16.8. The van der Waals surface area contributed by atoms with Crippen molar-refractivity contribution < 1.29 is 24.2 Å². The lowest BCUT2D eigenvalue weighted by atomic mass is 9.75. The number of piperidine rings is 1. The number of hydrogen-bond acceptors (Lipinski definition) is 6. The third kappa shape index (κ3) is 9.32. The minimum atomic E-state index is -1.29. The maximum atomic E-state index is 13.3. The van der Waals surface area contributed by atoms with Crippen molar-refractivity contribution in [1.29, 1.82) is 0 Å². The van der Waals surface area contributed by atoms with Crippen molar-refractivity contribution in [2.45, 2.75) is 123 Å². The maximum absolute atomic E-state index is 13.3. The van der Waals surface area contributed by atoms with Gasteiger partial charge in [-0.2, -0.15) is 5.10 Å². The van der Waals surface area contributed by atoms with Crippen LogP contribution in [0.5, 0.6) is 0 Å². The van der Waals surface area contributed by atoms with Gasteiger partial charge in [-0.25, -0.2) is 4.68 Å². The summed E-state index contributed by atoms with van der Waals surface area (Å²) in [5.74, 6) is -0.143. The Hall–Kier alpha value is -2.78. The molecule has 10 nitrogen and oxygen atoms in total. The lowest BCUT2D eigenvalue weighted by molar-refractivity contribution is -0.140. The van der Waals surface area contributed by atoms with E-state index < -0.39 is 22.2 Å². The van der Waals surface area contributed by atoms with E-state index in [1.807, 2.05) is 22.9 Å². The molecule has 0 saturated carbocycles. The predicted octanol–water partition coefficient (Wildman–Crippen LogP) is 6.96. The maximum Gasteiger partial charge on any atom is 0.246 e. The Morgan fingerprint density at radius 2 is 1.71 bits per heavy atom. The van der Waals surface area contributed by atoms with E-state index in [1.165, 1.54) is 5.56 Å². The van der Waals surface area contributed by atoms with E-state index in [0.29, 0.717) is 45.3 Å². The van der Waals surface area contributed by atoms with Gasteiger partial charge >= 0.3 is 0 Å². The Labute approximate surface area is 294 Å². The smallest absolute Gasteiger partial charge is 0.246 e. The number of fused-ring (bicyclic) bond motifs is 2. The molecule has 0 bridgehead atoms. The first-order valence-corrected chi connectivity index (χ1v) is 25.6. The fourth-order valence-electron chi connectivity index (χ4n) is 6.72. The zero-order valence-electron chi connectivity index (χ0n) is 31.2. The van der Waals surface area contributed by atoms with Crippen LogP contribution in [0.25, 0.3) is 22.3 Å². The van der Waals surface area contributed by atoms with Crippen molar-refractivity contribution >= 4 is 44.6 Å². The van der Waals surface area contributed by atoms with Gasteiger partial charge in [-0.3, -0.25) is 9.59 Å². The fourth-order valence-corrected chi connectivity index (χ4v) is 8.23. The number of carbonyl (C=O) groups excluding carboxylic acids is 2. The van der Waals surface area contributed by atoms with Gasteiger partial charge in [0, 0.05) is 71.3 Å². The monoisotopic (exact) mass is 709 g/mol. The quantitative estimate of drug-likeness (QED) is 0.131. The highest BCUT2D eigenvalue weighted by atomic mass is 28.3. The van der Waals surface area contributed by atoms with Crippen LogP contribution in [0, 0.1) is 5.41 Å². The molecule has 5 rings (SSSR count). The van der Waals surface area contributed by atoms with Gasteiger partial charge in [-0.1, -0.05) is 52.3 Å². The number of aliphatic hydroxyl groups is 1. The largest absolute Gasteiger partial charge is 0.396 e. The average molecular weight is 710 g/mol. The van der Waals surface area contributed by atoms with Gasteiger partial charge in [0.25, 0.3) is 0 Å². The van der Waals surface area contributed by atoms with Crippen LogP contribution < -0.4 is 5.32 Å². The molecule has 3 aromatic rings. The second-order valence-electron chi connectivity index (χ2n) is 17.1. The summed E-state index contributed by atoms with van der Waals surface area (Å²) in [6.07, 6.45) is 4.75. The number of nitrogens with zero attached hydrogens (tertiary/aromatic N) is 4. The van der Waals surface area contributed by atoms with Crippen LogP contribution in [0.15, 0.2) is 24.3 Å². The van der Waals surface area contributed by atoms with Crippen molar-refractivity contribution in [2.75, 3.05) is 31.7 Å². The molecule has 2 aliphatic rings. The number of aromatic nitrogens is 3. The molecule has 2 atom stereocenters. The Bertz CT molecular complexity index is 1640. The van der Waals surface area contributed by atoms with Crippen LogP contribution >= 0.6 is 0 Å². The molecule has 1 fully saturated rings. The van der Waals surface area contributed by atoms with E-state index in [0.717, 1.165) is 72.2 Å². The summed E-state index contributed by atoms with van der Waals surface area (Å²) in [6.45, 7) is 21.0. The van der Waals surface area contributed by atoms with Gasteiger partial charge in [0.2, 0.25) is 11.8 Å². The van der Waals surface area contributed by atoms with Crippen LogP contribution in [0.3, 0.4) is 0 Å². The van der Waals surface area contributed by atoms with E-state index >= 15 is 0 Å². The Morgan fingerprint density at radius 1 is 1.02 bits per heavy atom. The first-order valence-electron chi connectivity index (χ1n) is 18.2. The van der Waals surface area contributed by atoms with Crippen LogP contribution in [0.1, 0.15) is 50.8 Å². The summed E-state index contributed by atoms with van der Waals surface area (Å²) >= 11 is 0.